The van der Waals surface area contributed by atoms with Crippen LogP contribution in [0.2, 0.25) is 0 Å². The molecule has 1 heterocycles. The first-order valence-electron chi connectivity index (χ1n) is 7.04. The van der Waals surface area contributed by atoms with Crippen molar-refractivity contribution in [3.05, 3.63) is 67.1 Å². The van der Waals surface area contributed by atoms with Crippen LogP contribution < -0.4 is 0 Å². The number of ether oxygens (including phenoxy) is 1. The zero-order valence-corrected chi connectivity index (χ0v) is 12.2. The summed E-state index contributed by atoms with van der Waals surface area (Å²) in [6.45, 7) is 2.57. The van der Waals surface area contributed by atoms with E-state index in [9.17, 15) is 4.79 Å². The average molecular weight is 280 g/mol. The van der Waals surface area contributed by atoms with Crippen LogP contribution in [0, 0.1) is 31.6 Å². The number of benzene rings is 1. The predicted octanol–water partition coefficient (Wildman–Crippen LogP) is 3.57. The molecule has 1 saturated carbocycles. The summed E-state index contributed by atoms with van der Waals surface area (Å²) in [5.41, 5.74) is 2.81. The minimum Gasteiger partial charge on any atom is -0.364 e. The SMILES string of the molecule is COCn1c([C@@H](C)[C]2[CH][CH][CH][CH]2)c(C=O)c2ccccc21. The van der Waals surface area contributed by atoms with Crippen molar-refractivity contribution in [2.45, 2.75) is 19.6 Å². The molecule has 1 fully saturated rings. The third kappa shape index (κ3) is 2.40. The maximum Gasteiger partial charge on any atom is 0.152 e. The van der Waals surface area contributed by atoms with E-state index in [2.05, 4.69) is 24.3 Å². The molecule has 0 spiro atoms. The summed E-state index contributed by atoms with van der Waals surface area (Å²) in [6.07, 6.45) is 9.19. The van der Waals surface area contributed by atoms with Crippen LogP contribution in [0.5, 0.6) is 0 Å². The van der Waals surface area contributed by atoms with Crippen molar-refractivity contribution in [2.24, 2.45) is 0 Å². The number of hydrogen-bond acceptors (Lipinski definition) is 2. The molecular weight excluding hydrogens is 262 g/mol. The Bertz CT molecular complexity index is 638. The van der Waals surface area contributed by atoms with Crippen LogP contribution in [0.25, 0.3) is 10.9 Å². The number of nitrogens with zero attached hydrogens (tertiary/aromatic N) is 1. The summed E-state index contributed by atoms with van der Waals surface area (Å²) in [5, 5.41) is 0.984. The molecule has 5 radical (unpaired) electrons. The first-order valence-corrected chi connectivity index (χ1v) is 7.04. The highest BCUT2D eigenvalue weighted by Gasteiger charge is 2.29. The van der Waals surface area contributed by atoms with E-state index in [0.29, 0.717) is 6.73 Å². The molecular formula is C18H18NO2. The third-order valence-electron chi connectivity index (χ3n) is 4.03. The zero-order chi connectivity index (χ0) is 14.8. The summed E-state index contributed by atoms with van der Waals surface area (Å²) >= 11 is 0. The molecule has 1 aliphatic rings. The van der Waals surface area contributed by atoms with Gasteiger partial charge in [-0.2, -0.15) is 0 Å². The molecule has 1 aromatic heterocycles. The molecule has 0 amide bonds. The monoisotopic (exact) mass is 280 g/mol. The fourth-order valence-electron chi connectivity index (χ4n) is 3.04. The van der Waals surface area contributed by atoms with Gasteiger partial charge in [-0.1, -0.05) is 25.1 Å². The molecule has 0 saturated heterocycles. The van der Waals surface area contributed by atoms with Gasteiger partial charge in [0.15, 0.2) is 6.29 Å². The largest absolute Gasteiger partial charge is 0.364 e. The number of aldehydes is 1. The topological polar surface area (TPSA) is 31.2 Å². The molecule has 1 aliphatic carbocycles. The van der Waals surface area contributed by atoms with Gasteiger partial charge in [-0.05, 0) is 37.7 Å². The number of carbonyl (C=O) groups excluding carboxylic acids is 1. The fraction of sp³-hybridized carbons (Fsp3) is 0.222. The van der Waals surface area contributed by atoms with Crippen LogP contribution in [-0.2, 0) is 11.5 Å². The molecule has 3 nitrogen and oxygen atoms in total. The Kier molecular flexibility index (Phi) is 4.11. The number of aromatic nitrogens is 1. The highest BCUT2D eigenvalue weighted by atomic mass is 16.5. The molecule has 107 valence electrons. The van der Waals surface area contributed by atoms with Crippen LogP contribution >= 0.6 is 0 Å². The molecule has 1 atom stereocenters. The second-order valence-electron chi connectivity index (χ2n) is 5.22. The normalized spacial score (nSPS) is 17.4. The molecule has 2 aromatic rings. The fourth-order valence-corrected chi connectivity index (χ4v) is 3.04. The van der Waals surface area contributed by atoms with Crippen molar-refractivity contribution < 1.29 is 9.53 Å². The van der Waals surface area contributed by atoms with Crippen molar-refractivity contribution in [1.82, 2.24) is 4.57 Å². The summed E-state index contributed by atoms with van der Waals surface area (Å²) in [6, 6.07) is 7.97. The number of carbonyl (C=O) groups is 1. The van der Waals surface area contributed by atoms with Gasteiger partial charge in [0.25, 0.3) is 0 Å². The van der Waals surface area contributed by atoms with Crippen molar-refractivity contribution in [3.8, 4) is 0 Å². The van der Waals surface area contributed by atoms with E-state index in [1.807, 2.05) is 37.1 Å². The van der Waals surface area contributed by atoms with Gasteiger partial charge >= 0.3 is 0 Å². The van der Waals surface area contributed by atoms with Gasteiger partial charge in [-0.15, -0.1) is 0 Å². The second kappa shape index (κ2) is 6.02. The van der Waals surface area contributed by atoms with Crippen LogP contribution in [0.3, 0.4) is 0 Å². The predicted molar refractivity (Wildman–Crippen MR) is 83.2 cm³/mol. The molecule has 0 aliphatic heterocycles. The molecule has 0 unspecified atom stereocenters. The van der Waals surface area contributed by atoms with Crippen LogP contribution in [0.15, 0.2) is 24.3 Å². The standard InChI is InChI=1S/C18H18NO2/c1-13(14-7-3-4-8-14)18-16(11-20)15-9-5-6-10-17(15)19(18)12-21-2/h3-11,13H,12H2,1-2H3/t13-/m0/s1. The number of rotatable bonds is 5. The van der Waals surface area contributed by atoms with Crippen molar-refractivity contribution in [2.75, 3.05) is 7.11 Å². The van der Waals surface area contributed by atoms with Gasteiger partial charge in [0, 0.05) is 29.7 Å². The van der Waals surface area contributed by atoms with Gasteiger partial charge in [0.1, 0.15) is 6.73 Å². The Hall–Kier alpha value is -1.61. The summed E-state index contributed by atoms with van der Waals surface area (Å²) in [5.74, 6) is 1.35. The van der Waals surface area contributed by atoms with E-state index in [-0.39, 0.29) is 5.92 Å². The van der Waals surface area contributed by atoms with E-state index in [1.54, 1.807) is 7.11 Å². The Morgan fingerprint density at radius 2 is 1.95 bits per heavy atom. The van der Waals surface area contributed by atoms with Crippen LogP contribution in [0.1, 0.15) is 28.9 Å². The third-order valence-corrected chi connectivity index (χ3v) is 4.03. The van der Waals surface area contributed by atoms with E-state index in [1.165, 1.54) is 5.92 Å². The van der Waals surface area contributed by atoms with Gasteiger partial charge < -0.3 is 9.30 Å². The van der Waals surface area contributed by atoms with E-state index >= 15 is 0 Å². The lowest BCUT2D eigenvalue weighted by molar-refractivity contribution is 0.112. The first kappa shape index (κ1) is 14.3. The molecule has 3 heteroatoms. The summed E-state index contributed by atoms with van der Waals surface area (Å²) in [4.78, 5) is 11.7. The van der Waals surface area contributed by atoms with Crippen molar-refractivity contribution in [1.29, 1.82) is 0 Å². The highest BCUT2D eigenvalue weighted by molar-refractivity contribution is 5.99. The summed E-state index contributed by atoms with van der Waals surface area (Å²) in [7, 11) is 1.67. The Morgan fingerprint density at radius 1 is 1.24 bits per heavy atom. The maximum absolute atomic E-state index is 11.7. The number of fused-ring (bicyclic) bond motifs is 1. The maximum atomic E-state index is 11.7. The number of methoxy groups -OCH3 is 1. The molecule has 3 rings (SSSR count). The van der Waals surface area contributed by atoms with E-state index < -0.39 is 0 Å². The minimum atomic E-state index is 0.141. The number of para-hydroxylation sites is 1. The van der Waals surface area contributed by atoms with Crippen molar-refractivity contribution >= 4 is 17.2 Å². The minimum absolute atomic E-state index is 0.141. The van der Waals surface area contributed by atoms with Gasteiger partial charge in [-0.3, -0.25) is 4.79 Å². The smallest absolute Gasteiger partial charge is 0.152 e. The molecule has 21 heavy (non-hydrogen) atoms. The molecule has 1 aromatic carbocycles. The zero-order valence-electron chi connectivity index (χ0n) is 12.2. The van der Waals surface area contributed by atoms with Gasteiger partial charge in [0.2, 0.25) is 0 Å². The number of hydrogen-bond donors (Lipinski definition) is 0. The van der Waals surface area contributed by atoms with Crippen LogP contribution in [0.4, 0.5) is 0 Å². The molecule has 0 N–H and O–H groups in total. The Labute approximate surface area is 125 Å². The summed E-state index contributed by atoms with van der Waals surface area (Å²) < 4.78 is 7.44. The molecule has 0 bridgehead atoms. The first-order chi connectivity index (χ1) is 10.3. The highest BCUT2D eigenvalue weighted by Crippen LogP contribution is 2.40. The lowest BCUT2D eigenvalue weighted by Crippen LogP contribution is -2.14. The Balaban J connectivity index is 2.18. The lowest BCUT2D eigenvalue weighted by atomic mass is 9.88. The van der Waals surface area contributed by atoms with Gasteiger partial charge in [-0.25, -0.2) is 0 Å². The second-order valence-corrected chi connectivity index (χ2v) is 5.22. The van der Waals surface area contributed by atoms with E-state index in [0.717, 1.165) is 28.4 Å². The van der Waals surface area contributed by atoms with E-state index in [4.69, 9.17) is 4.74 Å². The average Bonchev–Trinajstić information content (AvgIpc) is 3.13. The van der Waals surface area contributed by atoms with Gasteiger partial charge in [0.05, 0.1) is 5.52 Å². The lowest BCUT2D eigenvalue weighted by Gasteiger charge is -2.21. The van der Waals surface area contributed by atoms with Crippen molar-refractivity contribution in [3.63, 3.8) is 0 Å². The Morgan fingerprint density at radius 3 is 2.62 bits per heavy atom. The quantitative estimate of drug-likeness (QED) is 0.784. The van der Waals surface area contributed by atoms with Crippen LogP contribution in [-0.4, -0.2) is 18.0 Å².